The number of hydrogen-bond donors (Lipinski definition) is 2. The molecule has 1 fully saturated rings. The average molecular weight is 563 g/mol. The third-order valence-electron chi connectivity index (χ3n) is 7.55. The molecule has 0 spiro atoms. The summed E-state index contributed by atoms with van der Waals surface area (Å²) >= 11 is 3.29. The van der Waals surface area contributed by atoms with Crippen LogP contribution in [0.3, 0.4) is 0 Å². The molecule has 9 nitrogen and oxygen atoms in total. The molecule has 10 heteroatoms. The molecular formula is C27H27BrN6O3. The molecular weight excluding hydrogens is 536 g/mol. The molecule has 3 N–H and O–H groups in total. The fraction of sp³-hybridized carbons (Fsp3) is 0.333. The van der Waals surface area contributed by atoms with Crippen LogP contribution in [0.15, 0.2) is 47.6 Å². The number of hydrogen-bond acceptors (Lipinski definition) is 6. The molecule has 0 saturated heterocycles. The summed E-state index contributed by atoms with van der Waals surface area (Å²) in [6, 6.07) is 8.78. The molecule has 6 rings (SSSR count). The summed E-state index contributed by atoms with van der Waals surface area (Å²) in [5, 5.41) is 15.8. The minimum atomic E-state index is -0.415. The Morgan fingerprint density at radius 3 is 2.68 bits per heavy atom. The number of halogens is 1. The molecule has 3 aromatic rings. The number of carbonyl (C=O) groups is 2. The number of amides is 2. The SMILES string of the molecule is C=CC(=O)N1CCc2nn(-c3ccc(C4CC4)cc3O)c3c2[C@H](C1)N(C(=O)c1ccc(Br)nc1N)CC3. The highest BCUT2D eigenvalue weighted by Gasteiger charge is 2.40. The number of aromatic hydroxyl groups is 1. The Hall–Kier alpha value is -3.66. The second-order valence-electron chi connectivity index (χ2n) is 9.81. The predicted molar refractivity (Wildman–Crippen MR) is 142 cm³/mol. The van der Waals surface area contributed by atoms with Crippen molar-refractivity contribution in [3.63, 3.8) is 0 Å². The maximum absolute atomic E-state index is 13.7. The van der Waals surface area contributed by atoms with Crippen molar-refractivity contribution in [1.82, 2.24) is 24.6 Å². The summed E-state index contributed by atoms with van der Waals surface area (Å²) in [5.41, 5.74) is 10.9. The number of benzene rings is 1. The van der Waals surface area contributed by atoms with Gasteiger partial charge in [0.25, 0.3) is 5.91 Å². The van der Waals surface area contributed by atoms with Crippen molar-refractivity contribution in [2.45, 2.75) is 37.6 Å². The van der Waals surface area contributed by atoms with Gasteiger partial charge in [-0.05, 0) is 70.6 Å². The number of phenols is 1. The van der Waals surface area contributed by atoms with E-state index >= 15 is 0 Å². The van der Waals surface area contributed by atoms with Crippen LogP contribution in [-0.4, -0.2) is 61.1 Å². The van der Waals surface area contributed by atoms with E-state index in [1.54, 1.807) is 21.9 Å². The van der Waals surface area contributed by atoms with E-state index in [0.717, 1.165) is 35.4 Å². The first-order valence-corrected chi connectivity index (χ1v) is 13.2. The lowest BCUT2D eigenvalue weighted by Crippen LogP contribution is -2.46. The van der Waals surface area contributed by atoms with E-state index in [9.17, 15) is 14.7 Å². The Morgan fingerprint density at radius 1 is 1.16 bits per heavy atom. The van der Waals surface area contributed by atoms with Crippen molar-refractivity contribution < 1.29 is 14.7 Å². The van der Waals surface area contributed by atoms with Crippen LogP contribution in [0.1, 0.15) is 57.7 Å². The van der Waals surface area contributed by atoms with E-state index in [0.29, 0.717) is 54.2 Å². The maximum Gasteiger partial charge on any atom is 0.258 e. The number of pyridine rings is 1. The number of rotatable bonds is 4. The van der Waals surface area contributed by atoms with Crippen molar-refractivity contribution in [3.05, 3.63) is 75.7 Å². The van der Waals surface area contributed by atoms with Crippen LogP contribution in [0.2, 0.25) is 0 Å². The van der Waals surface area contributed by atoms with Gasteiger partial charge < -0.3 is 20.6 Å². The molecule has 1 atom stereocenters. The van der Waals surface area contributed by atoms with Gasteiger partial charge in [0.1, 0.15) is 21.9 Å². The number of phenolic OH excluding ortho intramolecular Hbond substituents is 1. The van der Waals surface area contributed by atoms with Crippen LogP contribution in [0.5, 0.6) is 5.75 Å². The highest BCUT2D eigenvalue weighted by Crippen LogP contribution is 2.43. The summed E-state index contributed by atoms with van der Waals surface area (Å²) < 4.78 is 2.38. The molecule has 2 amide bonds. The van der Waals surface area contributed by atoms with Crippen molar-refractivity contribution in [1.29, 1.82) is 0 Å². The third kappa shape index (κ3) is 4.09. The number of carbonyl (C=O) groups excluding carboxylic acids is 2. The molecule has 1 saturated carbocycles. The van der Waals surface area contributed by atoms with Crippen molar-refractivity contribution in [3.8, 4) is 11.4 Å². The van der Waals surface area contributed by atoms with E-state index < -0.39 is 6.04 Å². The van der Waals surface area contributed by atoms with Crippen molar-refractivity contribution in [2.75, 3.05) is 25.4 Å². The van der Waals surface area contributed by atoms with Crippen molar-refractivity contribution in [2.24, 2.45) is 0 Å². The van der Waals surface area contributed by atoms with Gasteiger partial charge >= 0.3 is 0 Å². The molecule has 37 heavy (non-hydrogen) atoms. The minimum absolute atomic E-state index is 0.148. The highest BCUT2D eigenvalue weighted by molar-refractivity contribution is 9.10. The Balaban J connectivity index is 1.43. The summed E-state index contributed by atoms with van der Waals surface area (Å²) in [5.74, 6) is 0.456. The molecule has 2 aromatic heterocycles. The molecule has 0 radical (unpaired) electrons. The smallest absolute Gasteiger partial charge is 0.258 e. The number of anilines is 1. The predicted octanol–water partition coefficient (Wildman–Crippen LogP) is 3.51. The molecule has 3 aliphatic rings. The number of nitrogen functional groups attached to an aromatic ring is 1. The maximum atomic E-state index is 13.7. The largest absolute Gasteiger partial charge is 0.506 e. The normalized spacial score (nSPS) is 18.8. The van der Waals surface area contributed by atoms with Crippen molar-refractivity contribution >= 4 is 33.6 Å². The Morgan fingerprint density at radius 2 is 1.97 bits per heavy atom. The molecule has 1 aromatic carbocycles. The first-order chi connectivity index (χ1) is 17.9. The minimum Gasteiger partial charge on any atom is -0.506 e. The summed E-state index contributed by atoms with van der Waals surface area (Å²) in [6.45, 7) is 4.83. The molecule has 0 bridgehead atoms. The van der Waals surface area contributed by atoms with Gasteiger partial charge in [0.2, 0.25) is 5.91 Å². The lowest BCUT2D eigenvalue weighted by molar-refractivity contribution is -0.126. The first kappa shape index (κ1) is 23.7. The molecule has 2 aliphatic heterocycles. The van der Waals surface area contributed by atoms with Gasteiger partial charge in [-0.3, -0.25) is 9.59 Å². The zero-order valence-corrected chi connectivity index (χ0v) is 21.8. The number of nitrogens with two attached hydrogens (primary N) is 1. The summed E-state index contributed by atoms with van der Waals surface area (Å²) in [7, 11) is 0. The van der Waals surface area contributed by atoms with Gasteiger partial charge in [-0.1, -0.05) is 12.6 Å². The number of aromatic nitrogens is 3. The third-order valence-corrected chi connectivity index (χ3v) is 8.00. The fourth-order valence-electron chi connectivity index (χ4n) is 5.54. The van der Waals surface area contributed by atoms with Gasteiger partial charge in [0.15, 0.2) is 0 Å². The lowest BCUT2D eigenvalue weighted by atomic mass is 9.94. The van der Waals surface area contributed by atoms with E-state index in [1.165, 1.54) is 6.08 Å². The zero-order chi connectivity index (χ0) is 25.8. The summed E-state index contributed by atoms with van der Waals surface area (Å²) in [4.78, 5) is 34.0. The van der Waals surface area contributed by atoms with Crippen LogP contribution in [0.4, 0.5) is 5.82 Å². The Labute approximate surface area is 222 Å². The summed E-state index contributed by atoms with van der Waals surface area (Å²) in [6.07, 6.45) is 4.70. The van der Waals surface area contributed by atoms with E-state index in [-0.39, 0.29) is 23.4 Å². The molecule has 0 unspecified atom stereocenters. The highest BCUT2D eigenvalue weighted by atomic mass is 79.9. The lowest BCUT2D eigenvalue weighted by Gasteiger charge is -2.38. The second-order valence-corrected chi connectivity index (χ2v) is 10.6. The van der Waals surface area contributed by atoms with Gasteiger partial charge in [0.05, 0.1) is 23.0 Å². The van der Waals surface area contributed by atoms with Gasteiger partial charge in [0, 0.05) is 38.0 Å². The van der Waals surface area contributed by atoms with Gasteiger partial charge in [-0.15, -0.1) is 0 Å². The monoisotopic (exact) mass is 562 g/mol. The van der Waals surface area contributed by atoms with Crippen LogP contribution in [-0.2, 0) is 17.6 Å². The standard InChI is InChI=1S/C27H27BrN6O3/c1-2-24(36)32-11-9-18-25-20(34(31-18)19-7-5-16(13-22(19)35)15-3-4-15)10-12-33(21(25)14-32)27(37)17-6-8-23(28)30-26(17)29/h2,5-8,13,15,21,35H,1,3-4,9-12,14H2,(H2,29,30)/t21-/m0/s1. The van der Waals surface area contributed by atoms with Gasteiger partial charge in [-0.25, -0.2) is 9.67 Å². The Bertz CT molecular complexity index is 1450. The van der Waals surface area contributed by atoms with Crippen LogP contribution in [0, 0.1) is 0 Å². The van der Waals surface area contributed by atoms with E-state index in [1.807, 2.05) is 16.8 Å². The molecule has 4 heterocycles. The second kappa shape index (κ2) is 9.02. The Kier molecular flexibility index (Phi) is 5.78. The first-order valence-electron chi connectivity index (χ1n) is 12.4. The quantitative estimate of drug-likeness (QED) is 0.371. The van der Waals surface area contributed by atoms with Crippen LogP contribution in [0.25, 0.3) is 5.69 Å². The average Bonchev–Trinajstić information content (AvgIpc) is 3.69. The number of nitrogens with zero attached hydrogens (tertiary/aromatic N) is 5. The molecule has 1 aliphatic carbocycles. The fourth-order valence-corrected chi connectivity index (χ4v) is 5.86. The van der Waals surface area contributed by atoms with Crippen LogP contribution >= 0.6 is 15.9 Å². The van der Waals surface area contributed by atoms with Crippen LogP contribution < -0.4 is 5.73 Å². The topological polar surface area (TPSA) is 118 Å². The van der Waals surface area contributed by atoms with Gasteiger partial charge in [-0.2, -0.15) is 5.10 Å². The molecule has 190 valence electrons. The van der Waals surface area contributed by atoms with E-state index in [2.05, 4.69) is 33.6 Å². The van der Waals surface area contributed by atoms with E-state index in [4.69, 9.17) is 10.8 Å². The zero-order valence-electron chi connectivity index (χ0n) is 20.2.